The monoisotopic (exact) mass is 372 g/mol. The number of amides is 1. The lowest BCUT2D eigenvalue weighted by Gasteiger charge is -2.38. The topological polar surface area (TPSA) is 46.3 Å². The van der Waals surface area contributed by atoms with Gasteiger partial charge in [0.05, 0.1) is 4.58 Å². The molecule has 2 heterocycles. The molecule has 2 unspecified atom stereocenters. The van der Waals surface area contributed by atoms with Crippen molar-refractivity contribution in [1.29, 1.82) is 0 Å². The molecular weight excluding hydrogens is 348 g/mol. The van der Waals surface area contributed by atoms with Gasteiger partial charge in [-0.25, -0.2) is 0 Å². The highest BCUT2D eigenvalue weighted by atomic mass is 35.5. The van der Waals surface area contributed by atoms with Crippen LogP contribution >= 0.6 is 35.9 Å². The Morgan fingerprint density at radius 2 is 1.91 bits per heavy atom. The summed E-state index contributed by atoms with van der Waals surface area (Å²) in [6.45, 7) is 3.64. The minimum absolute atomic E-state index is 0. The molecule has 2 saturated heterocycles. The van der Waals surface area contributed by atoms with Crippen molar-refractivity contribution in [2.45, 2.75) is 30.4 Å². The van der Waals surface area contributed by atoms with Gasteiger partial charge in [0.25, 0.3) is 5.91 Å². The Hall–Kier alpha value is -0.360. The first kappa shape index (κ1) is 19.0. The summed E-state index contributed by atoms with van der Waals surface area (Å²) in [6, 6.07) is 8.41. The average molecular weight is 373 g/mol. The molecule has 1 amide bonds. The van der Waals surface area contributed by atoms with Crippen LogP contribution in [0.1, 0.15) is 40.3 Å². The zero-order chi connectivity index (χ0) is 15.5. The Kier molecular flexibility index (Phi) is 7.14. The maximum atomic E-state index is 12.8. The second-order valence-corrected chi connectivity index (χ2v) is 8.94. The van der Waals surface area contributed by atoms with Gasteiger partial charge in [0.1, 0.15) is 0 Å². The van der Waals surface area contributed by atoms with Crippen molar-refractivity contribution in [3.8, 4) is 0 Å². The molecule has 0 bridgehead atoms. The fraction of sp³-hybridized carbons (Fsp3) is 0.588. The Morgan fingerprint density at radius 3 is 2.52 bits per heavy atom. The van der Waals surface area contributed by atoms with Crippen LogP contribution in [0.2, 0.25) is 0 Å². The van der Waals surface area contributed by atoms with E-state index in [4.69, 9.17) is 5.73 Å². The van der Waals surface area contributed by atoms with E-state index in [1.165, 1.54) is 17.1 Å². The molecule has 1 aromatic carbocycles. The lowest BCUT2D eigenvalue weighted by Crippen LogP contribution is -2.49. The van der Waals surface area contributed by atoms with Crippen molar-refractivity contribution in [3.05, 3.63) is 35.4 Å². The lowest BCUT2D eigenvalue weighted by molar-refractivity contribution is 0.0573. The largest absolute Gasteiger partial charge is 0.334 e. The van der Waals surface area contributed by atoms with Crippen molar-refractivity contribution in [2.75, 3.05) is 24.6 Å². The number of piperidine rings is 1. The van der Waals surface area contributed by atoms with E-state index in [0.29, 0.717) is 17.0 Å². The van der Waals surface area contributed by atoms with Gasteiger partial charge in [0, 0.05) is 36.2 Å². The molecule has 128 valence electrons. The summed E-state index contributed by atoms with van der Waals surface area (Å²) in [5.74, 6) is 3.25. The molecular formula is C17H25ClN2OS2. The number of benzene rings is 1. The molecule has 23 heavy (non-hydrogen) atoms. The first-order valence-corrected chi connectivity index (χ1v) is 10.1. The minimum atomic E-state index is 0. The molecule has 0 spiro atoms. The highest BCUT2D eigenvalue weighted by Crippen LogP contribution is 2.45. The first-order chi connectivity index (χ1) is 10.7. The van der Waals surface area contributed by atoms with Crippen LogP contribution in [-0.2, 0) is 0 Å². The van der Waals surface area contributed by atoms with Gasteiger partial charge in [-0.3, -0.25) is 4.79 Å². The van der Waals surface area contributed by atoms with Crippen molar-refractivity contribution in [3.63, 3.8) is 0 Å². The summed E-state index contributed by atoms with van der Waals surface area (Å²) in [4.78, 5) is 14.7. The summed E-state index contributed by atoms with van der Waals surface area (Å²) < 4.78 is 0.539. The van der Waals surface area contributed by atoms with E-state index in [-0.39, 0.29) is 24.4 Å². The molecule has 3 nitrogen and oxygen atoms in total. The van der Waals surface area contributed by atoms with Crippen LogP contribution in [0.4, 0.5) is 0 Å². The van der Waals surface area contributed by atoms with Crippen LogP contribution in [0.3, 0.4) is 0 Å². The van der Waals surface area contributed by atoms with E-state index in [1.54, 1.807) is 0 Å². The van der Waals surface area contributed by atoms with Crippen LogP contribution in [0.25, 0.3) is 0 Å². The molecule has 0 radical (unpaired) electrons. The summed E-state index contributed by atoms with van der Waals surface area (Å²) in [5, 5.41) is 0. The molecule has 2 atom stereocenters. The fourth-order valence-corrected chi connectivity index (χ4v) is 6.10. The first-order valence-electron chi connectivity index (χ1n) is 8.03. The van der Waals surface area contributed by atoms with Gasteiger partial charge in [0.2, 0.25) is 0 Å². The number of halogens is 1. The number of nitrogens with zero attached hydrogens (tertiary/aromatic N) is 1. The summed E-state index contributed by atoms with van der Waals surface area (Å²) in [5.41, 5.74) is 8.00. The summed E-state index contributed by atoms with van der Waals surface area (Å²) >= 11 is 3.99. The van der Waals surface area contributed by atoms with E-state index < -0.39 is 0 Å². The maximum Gasteiger partial charge on any atom is 0.254 e. The zero-order valence-corrected chi connectivity index (χ0v) is 15.9. The quantitative estimate of drug-likeness (QED) is 0.876. The third-order valence-electron chi connectivity index (χ3n) is 4.56. The third-order valence-corrected chi connectivity index (χ3v) is 7.67. The van der Waals surface area contributed by atoms with Crippen molar-refractivity contribution >= 4 is 41.8 Å². The highest BCUT2D eigenvalue weighted by Gasteiger charge is 2.29. The average Bonchev–Trinajstić information content (AvgIpc) is 3.08. The molecule has 0 aromatic heterocycles. The van der Waals surface area contributed by atoms with Crippen molar-refractivity contribution in [2.24, 2.45) is 11.7 Å². The molecule has 3 rings (SSSR count). The molecule has 6 heteroatoms. The van der Waals surface area contributed by atoms with Gasteiger partial charge in [0.15, 0.2) is 0 Å². The summed E-state index contributed by atoms with van der Waals surface area (Å²) in [7, 11) is 0. The zero-order valence-electron chi connectivity index (χ0n) is 13.4. The predicted molar refractivity (Wildman–Crippen MR) is 104 cm³/mol. The Balaban J connectivity index is 0.00000192. The van der Waals surface area contributed by atoms with Gasteiger partial charge >= 0.3 is 0 Å². The smallest absolute Gasteiger partial charge is 0.254 e. The van der Waals surface area contributed by atoms with Gasteiger partial charge in [-0.05, 0) is 36.5 Å². The van der Waals surface area contributed by atoms with E-state index in [0.717, 1.165) is 24.9 Å². The van der Waals surface area contributed by atoms with Crippen molar-refractivity contribution in [1.82, 2.24) is 4.90 Å². The van der Waals surface area contributed by atoms with Crippen LogP contribution < -0.4 is 5.73 Å². The SMILES string of the molecule is CC1CCN(C(=O)c2ccc(C3SCCS3)cc2)C(CN)C1.Cl. The van der Waals surface area contributed by atoms with Gasteiger partial charge in [-0.15, -0.1) is 35.9 Å². The molecule has 2 aliphatic heterocycles. The third kappa shape index (κ3) is 4.38. The van der Waals surface area contributed by atoms with Crippen LogP contribution in [-0.4, -0.2) is 41.4 Å². The van der Waals surface area contributed by atoms with E-state index in [2.05, 4.69) is 19.1 Å². The van der Waals surface area contributed by atoms with Crippen LogP contribution in [0.15, 0.2) is 24.3 Å². The van der Waals surface area contributed by atoms with E-state index in [9.17, 15) is 4.79 Å². The second kappa shape index (κ2) is 8.65. The predicted octanol–water partition coefficient (Wildman–Crippen LogP) is 3.79. The van der Waals surface area contributed by atoms with Crippen LogP contribution in [0.5, 0.6) is 0 Å². The van der Waals surface area contributed by atoms with E-state index in [1.807, 2.05) is 40.6 Å². The Bertz CT molecular complexity index is 520. The second-order valence-electron chi connectivity index (χ2n) is 6.21. The highest BCUT2D eigenvalue weighted by molar-refractivity contribution is 8.19. The minimum Gasteiger partial charge on any atom is -0.334 e. The van der Waals surface area contributed by atoms with Crippen LogP contribution in [0, 0.1) is 5.92 Å². The molecule has 2 N–H and O–H groups in total. The molecule has 2 aliphatic rings. The molecule has 2 fully saturated rings. The Morgan fingerprint density at radius 1 is 1.26 bits per heavy atom. The number of hydrogen-bond donors (Lipinski definition) is 1. The lowest BCUT2D eigenvalue weighted by atomic mass is 9.92. The molecule has 0 saturated carbocycles. The van der Waals surface area contributed by atoms with Gasteiger partial charge in [-0.1, -0.05) is 19.1 Å². The van der Waals surface area contributed by atoms with E-state index >= 15 is 0 Å². The van der Waals surface area contributed by atoms with Gasteiger partial charge in [-0.2, -0.15) is 0 Å². The molecule has 0 aliphatic carbocycles. The normalized spacial score (nSPS) is 25.2. The fourth-order valence-electron chi connectivity index (χ4n) is 3.24. The number of hydrogen-bond acceptors (Lipinski definition) is 4. The van der Waals surface area contributed by atoms with Crippen molar-refractivity contribution < 1.29 is 4.79 Å². The maximum absolute atomic E-state index is 12.8. The number of thioether (sulfide) groups is 2. The number of rotatable bonds is 3. The molecule has 1 aromatic rings. The van der Waals surface area contributed by atoms with Gasteiger partial charge < -0.3 is 10.6 Å². The summed E-state index contributed by atoms with van der Waals surface area (Å²) in [6.07, 6.45) is 2.10. The Labute approximate surface area is 153 Å². The standard InChI is InChI=1S/C17H24N2OS2.ClH/c1-12-6-7-19(15(10-12)11-18)16(20)13-2-4-14(5-3-13)17-21-8-9-22-17;/h2-5,12,15,17H,6-11,18H2,1H3;1H. The number of nitrogens with two attached hydrogens (primary N) is 1. The number of carbonyl (C=O) groups excluding carboxylic acids is 1. The number of carbonyl (C=O) groups is 1. The number of likely N-dealkylation sites (tertiary alicyclic amines) is 1.